The quantitative estimate of drug-likeness (QED) is 0.788. The summed E-state index contributed by atoms with van der Waals surface area (Å²) in [4.78, 5) is 11.6. The van der Waals surface area contributed by atoms with Crippen molar-refractivity contribution in [3.8, 4) is 0 Å². The van der Waals surface area contributed by atoms with Crippen molar-refractivity contribution in [3.05, 3.63) is 35.4 Å². The van der Waals surface area contributed by atoms with Gasteiger partial charge in [-0.3, -0.25) is 4.79 Å². The molecule has 1 aromatic carbocycles. The lowest BCUT2D eigenvalue weighted by Gasteiger charge is -2.19. The molecule has 1 aliphatic rings. The molecule has 16 heavy (non-hydrogen) atoms. The third-order valence-electron chi connectivity index (χ3n) is 3.14. The van der Waals surface area contributed by atoms with Gasteiger partial charge in [0.25, 0.3) is 0 Å². The lowest BCUT2D eigenvalue weighted by atomic mass is 10.1. The molecular formula is C13H18N2O. The Morgan fingerprint density at radius 1 is 1.44 bits per heavy atom. The van der Waals surface area contributed by atoms with Crippen LogP contribution >= 0.6 is 0 Å². The fourth-order valence-corrected chi connectivity index (χ4v) is 2.12. The highest BCUT2D eigenvalue weighted by Gasteiger charge is 2.30. The van der Waals surface area contributed by atoms with Crippen LogP contribution in [-0.4, -0.2) is 11.9 Å². The molecule has 0 unspecified atom stereocenters. The number of rotatable bonds is 2. The van der Waals surface area contributed by atoms with Gasteiger partial charge in [-0.15, -0.1) is 0 Å². The Kier molecular flexibility index (Phi) is 2.97. The van der Waals surface area contributed by atoms with E-state index in [9.17, 15) is 4.79 Å². The van der Waals surface area contributed by atoms with Crippen LogP contribution in [0.5, 0.6) is 0 Å². The smallest absolute Gasteiger partial charge is 0.222 e. The van der Waals surface area contributed by atoms with Crippen molar-refractivity contribution in [3.63, 3.8) is 0 Å². The molecule has 0 saturated carbocycles. The number of amides is 1. The van der Waals surface area contributed by atoms with Gasteiger partial charge in [0.05, 0.1) is 12.1 Å². The van der Waals surface area contributed by atoms with E-state index in [1.807, 2.05) is 32.0 Å². The minimum absolute atomic E-state index is 0.0101. The van der Waals surface area contributed by atoms with E-state index < -0.39 is 0 Å². The van der Waals surface area contributed by atoms with Gasteiger partial charge < -0.3 is 11.1 Å². The average Bonchev–Trinajstić information content (AvgIpc) is 2.56. The summed E-state index contributed by atoms with van der Waals surface area (Å²) in [7, 11) is 0. The summed E-state index contributed by atoms with van der Waals surface area (Å²) in [5.41, 5.74) is 8.54. The number of fused-ring (bicyclic) bond motifs is 1. The number of nitrogens with two attached hydrogens (primary N) is 1. The molecule has 0 radical (unpaired) electrons. The van der Waals surface area contributed by atoms with Crippen LogP contribution in [0.25, 0.3) is 0 Å². The minimum Gasteiger partial charge on any atom is -0.351 e. The Balaban J connectivity index is 2.10. The first-order valence-corrected chi connectivity index (χ1v) is 5.73. The largest absolute Gasteiger partial charge is 0.351 e. The molecule has 0 spiro atoms. The van der Waals surface area contributed by atoms with Crippen LogP contribution in [0.15, 0.2) is 24.3 Å². The highest BCUT2D eigenvalue weighted by atomic mass is 16.1. The van der Waals surface area contributed by atoms with Gasteiger partial charge >= 0.3 is 0 Å². The molecule has 0 bridgehead atoms. The van der Waals surface area contributed by atoms with Crippen molar-refractivity contribution in [2.75, 3.05) is 0 Å². The molecule has 2 rings (SSSR count). The predicted octanol–water partition coefficient (Wildman–Crippen LogP) is 1.38. The van der Waals surface area contributed by atoms with Crippen LogP contribution < -0.4 is 11.1 Å². The van der Waals surface area contributed by atoms with Gasteiger partial charge in [-0.2, -0.15) is 0 Å². The monoisotopic (exact) mass is 218 g/mol. The van der Waals surface area contributed by atoms with Gasteiger partial charge in [0.1, 0.15) is 0 Å². The van der Waals surface area contributed by atoms with Gasteiger partial charge in [0, 0.05) is 5.92 Å². The number of carbonyl (C=O) groups excluding carboxylic acids is 1. The summed E-state index contributed by atoms with van der Waals surface area (Å²) >= 11 is 0. The van der Waals surface area contributed by atoms with E-state index >= 15 is 0 Å². The van der Waals surface area contributed by atoms with Crippen LogP contribution in [0.4, 0.5) is 0 Å². The van der Waals surface area contributed by atoms with Crippen LogP contribution in [0.2, 0.25) is 0 Å². The van der Waals surface area contributed by atoms with E-state index in [1.165, 1.54) is 5.56 Å². The van der Waals surface area contributed by atoms with Crippen molar-refractivity contribution in [2.24, 2.45) is 11.7 Å². The molecule has 1 aliphatic carbocycles. The molecule has 3 heteroatoms. The molecule has 0 aliphatic heterocycles. The normalized spacial score (nSPS) is 23.2. The summed E-state index contributed by atoms with van der Waals surface area (Å²) in [6, 6.07) is 8.10. The van der Waals surface area contributed by atoms with Crippen molar-refractivity contribution in [1.29, 1.82) is 0 Å². The molecule has 0 aromatic heterocycles. The van der Waals surface area contributed by atoms with Crippen LogP contribution in [0.3, 0.4) is 0 Å². The molecule has 0 fully saturated rings. The molecular weight excluding hydrogens is 200 g/mol. The summed E-state index contributed by atoms with van der Waals surface area (Å²) in [5, 5.41) is 3.01. The lowest BCUT2D eigenvalue weighted by molar-refractivity contribution is -0.124. The van der Waals surface area contributed by atoms with E-state index in [0.29, 0.717) is 0 Å². The van der Waals surface area contributed by atoms with Gasteiger partial charge in [-0.1, -0.05) is 38.1 Å². The third kappa shape index (κ3) is 1.95. The van der Waals surface area contributed by atoms with Crippen LogP contribution in [-0.2, 0) is 11.2 Å². The summed E-state index contributed by atoms with van der Waals surface area (Å²) < 4.78 is 0. The Bertz CT molecular complexity index is 401. The highest BCUT2D eigenvalue weighted by molar-refractivity contribution is 5.78. The number of benzene rings is 1. The number of carbonyl (C=O) groups is 1. The Labute approximate surface area is 96.0 Å². The summed E-state index contributed by atoms with van der Waals surface area (Å²) in [5.74, 6) is 0.0872. The van der Waals surface area contributed by atoms with E-state index in [0.717, 1.165) is 12.0 Å². The zero-order chi connectivity index (χ0) is 11.7. The molecule has 3 nitrogen and oxygen atoms in total. The van der Waals surface area contributed by atoms with E-state index in [-0.39, 0.29) is 23.9 Å². The first-order chi connectivity index (χ1) is 7.59. The Morgan fingerprint density at radius 2 is 2.12 bits per heavy atom. The summed E-state index contributed by atoms with van der Waals surface area (Å²) in [6.45, 7) is 3.78. The topological polar surface area (TPSA) is 55.1 Å². The first kappa shape index (κ1) is 11.1. The highest BCUT2D eigenvalue weighted by Crippen LogP contribution is 2.29. The van der Waals surface area contributed by atoms with Gasteiger partial charge in [0.15, 0.2) is 0 Å². The molecule has 0 heterocycles. The standard InChI is InChI=1S/C13H18N2O/c1-8(2)13(16)15-11-7-9-5-3-4-6-10(9)12(11)14/h3-6,8,11-12H,7,14H2,1-2H3,(H,15,16)/t11-,12-/m0/s1. The average molecular weight is 218 g/mol. The van der Waals surface area contributed by atoms with Crippen LogP contribution in [0, 0.1) is 5.92 Å². The van der Waals surface area contributed by atoms with E-state index in [2.05, 4.69) is 11.4 Å². The first-order valence-electron chi connectivity index (χ1n) is 5.73. The van der Waals surface area contributed by atoms with E-state index in [4.69, 9.17) is 5.73 Å². The van der Waals surface area contributed by atoms with E-state index in [1.54, 1.807) is 0 Å². The maximum Gasteiger partial charge on any atom is 0.222 e. The van der Waals surface area contributed by atoms with Gasteiger partial charge in [-0.05, 0) is 17.5 Å². The molecule has 2 atom stereocenters. The fourth-order valence-electron chi connectivity index (χ4n) is 2.12. The molecule has 1 aromatic rings. The zero-order valence-electron chi connectivity index (χ0n) is 9.73. The van der Waals surface area contributed by atoms with Crippen molar-refractivity contribution >= 4 is 5.91 Å². The molecule has 86 valence electrons. The van der Waals surface area contributed by atoms with Crippen molar-refractivity contribution in [2.45, 2.75) is 32.4 Å². The van der Waals surface area contributed by atoms with Crippen LogP contribution in [0.1, 0.15) is 31.0 Å². The molecule has 0 saturated heterocycles. The summed E-state index contributed by atoms with van der Waals surface area (Å²) in [6.07, 6.45) is 0.843. The maximum absolute atomic E-state index is 11.6. The number of hydrogen-bond acceptors (Lipinski definition) is 2. The Morgan fingerprint density at radius 3 is 2.75 bits per heavy atom. The lowest BCUT2D eigenvalue weighted by Crippen LogP contribution is -2.42. The third-order valence-corrected chi connectivity index (χ3v) is 3.14. The number of hydrogen-bond donors (Lipinski definition) is 2. The van der Waals surface area contributed by atoms with Crippen molar-refractivity contribution in [1.82, 2.24) is 5.32 Å². The Hall–Kier alpha value is -1.35. The SMILES string of the molecule is CC(C)C(=O)N[C@H]1Cc2ccccc2[C@@H]1N. The second kappa shape index (κ2) is 4.26. The predicted molar refractivity (Wildman–Crippen MR) is 63.8 cm³/mol. The fraction of sp³-hybridized carbons (Fsp3) is 0.462. The molecule has 3 N–H and O–H groups in total. The zero-order valence-corrected chi connectivity index (χ0v) is 9.73. The van der Waals surface area contributed by atoms with Gasteiger partial charge in [-0.25, -0.2) is 0 Å². The van der Waals surface area contributed by atoms with Crippen molar-refractivity contribution < 1.29 is 4.79 Å². The maximum atomic E-state index is 11.6. The second-order valence-corrected chi connectivity index (χ2v) is 4.70. The van der Waals surface area contributed by atoms with Gasteiger partial charge in [0.2, 0.25) is 5.91 Å². The minimum atomic E-state index is -0.0705. The molecule has 1 amide bonds. The number of nitrogens with one attached hydrogen (secondary N) is 1. The second-order valence-electron chi connectivity index (χ2n) is 4.70.